The Kier molecular flexibility index (Phi) is 5.81. The summed E-state index contributed by atoms with van der Waals surface area (Å²) in [4.78, 5) is 20.6. The molecule has 0 aromatic carbocycles. The molecule has 10 heteroatoms. The molecule has 2 aromatic rings. The zero-order chi connectivity index (χ0) is 21.1. The van der Waals surface area contributed by atoms with Crippen molar-refractivity contribution in [2.24, 2.45) is 11.7 Å². The third kappa shape index (κ3) is 4.86. The summed E-state index contributed by atoms with van der Waals surface area (Å²) in [5.41, 5.74) is 6.53. The number of hydrogen-bond acceptors (Lipinski definition) is 8. The van der Waals surface area contributed by atoms with Gasteiger partial charge in [0.15, 0.2) is 5.82 Å². The third-order valence-corrected chi connectivity index (χ3v) is 5.78. The van der Waals surface area contributed by atoms with Gasteiger partial charge in [-0.3, -0.25) is 9.89 Å². The van der Waals surface area contributed by atoms with Crippen LogP contribution in [0.25, 0.3) is 0 Å². The number of nitrogens with two attached hydrogens (primary N) is 1. The topological polar surface area (TPSA) is 157 Å². The lowest BCUT2D eigenvalue weighted by atomic mass is 9.77. The van der Waals surface area contributed by atoms with Crippen LogP contribution < -0.4 is 21.7 Å². The fourth-order valence-electron chi connectivity index (χ4n) is 4.60. The number of piperidine rings is 2. The summed E-state index contributed by atoms with van der Waals surface area (Å²) in [6, 6.07) is 6.67. The van der Waals surface area contributed by atoms with Crippen molar-refractivity contribution in [3.05, 3.63) is 23.5 Å². The normalized spacial score (nSPS) is 25.3. The lowest BCUT2D eigenvalue weighted by Crippen LogP contribution is -2.54. The van der Waals surface area contributed by atoms with Gasteiger partial charge < -0.3 is 21.7 Å². The van der Waals surface area contributed by atoms with Crippen molar-refractivity contribution in [2.75, 3.05) is 10.6 Å². The minimum absolute atomic E-state index is 0.146. The number of aryl methyl sites for hydroxylation is 1. The number of anilines is 3. The zero-order valence-electron chi connectivity index (χ0n) is 17.0. The lowest BCUT2D eigenvalue weighted by Gasteiger charge is -2.43. The highest BCUT2D eigenvalue weighted by molar-refractivity contribution is 5.92. The smallest absolute Gasteiger partial charge is 0.267 e. The molecule has 0 spiro atoms. The molecule has 2 aliphatic rings. The van der Waals surface area contributed by atoms with Crippen LogP contribution in [0.4, 0.5) is 17.6 Å². The number of nitriles is 1. The van der Waals surface area contributed by atoms with Crippen LogP contribution in [0.2, 0.25) is 0 Å². The Hall–Kier alpha value is -3.19. The number of amides is 1. The van der Waals surface area contributed by atoms with Crippen LogP contribution in [-0.4, -0.2) is 44.2 Å². The van der Waals surface area contributed by atoms with E-state index in [0.29, 0.717) is 42.0 Å². The Morgan fingerprint density at radius 2 is 2.00 bits per heavy atom. The van der Waals surface area contributed by atoms with E-state index in [-0.39, 0.29) is 11.7 Å². The van der Waals surface area contributed by atoms with Crippen LogP contribution in [0.15, 0.2) is 12.1 Å². The van der Waals surface area contributed by atoms with Gasteiger partial charge >= 0.3 is 0 Å². The van der Waals surface area contributed by atoms with Gasteiger partial charge in [-0.25, -0.2) is 4.98 Å². The summed E-state index contributed by atoms with van der Waals surface area (Å²) in [6.45, 7) is 1.90. The summed E-state index contributed by atoms with van der Waals surface area (Å²) in [6.07, 6.45) is 5.68. The van der Waals surface area contributed by atoms with Crippen molar-refractivity contribution in [3.8, 4) is 6.07 Å². The summed E-state index contributed by atoms with van der Waals surface area (Å²) in [7, 11) is 0. The highest BCUT2D eigenvalue weighted by atomic mass is 16.1. The van der Waals surface area contributed by atoms with Gasteiger partial charge in [0.05, 0.1) is 6.07 Å². The fourth-order valence-corrected chi connectivity index (χ4v) is 4.60. The molecule has 2 fully saturated rings. The standard InChI is InChI=1S/C20H27N9O/c1-11-5-18(29-28-11)26-17-10-16(19(22)30)25-20(27-17)24-15-8-13-6-12(3-2-4-21)7-14(9-15)23-13/h5,10,12-15,23H,2-3,6-9H2,1H3,(H2,22,30)(H3,24,25,26,27,28,29). The second kappa shape index (κ2) is 8.67. The highest BCUT2D eigenvalue weighted by Crippen LogP contribution is 2.33. The van der Waals surface area contributed by atoms with Crippen LogP contribution in [0.3, 0.4) is 0 Å². The first-order chi connectivity index (χ1) is 14.5. The quantitative estimate of drug-likeness (QED) is 0.464. The second-order valence-corrected chi connectivity index (χ2v) is 8.29. The van der Waals surface area contributed by atoms with Crippen LogP contribution in [0.5, 0.6) is 0 Å². The predicted molar refractivity (Wildman–Crippen MR) is 112 cm³/mol. The third-order valence-electron chi connectivity index (χ3n) is 5.78. The van der Waals surface area contributed by atoms with Crippen LogP contribution in [0, 0.1) is 24.2 Å². The molecular formula is C20H27N9O. The van der Waals surface area contributed by atoms with Crippen LogP contribution in [-0.2, 0) is 0 Å². The van der Waals surface area contributed by atoms with E-state index in [1.807, 2.05) is 13.0 Å². The van der Waals surface area contributed by atoms with Gasteiger partial charge in [-0.15, -0.1) is 0 Å². The van der Waals surface area contributed by atoms with Gasteiger partial charge in [-0.2, -0.15) is 15.3 Å². The number of rotatable bonds is 7. The van der Waals surface area contributed by atoms with Gasteiger partial charge in [0, 0.05) is 42.4 Å². The lowest BCUT2D eigenvalue weighted by molar-refractivity contribution is 0.0995. The molecule has 2 atom stereocenters. The van der Waals surface area contributed by atoms with Gasteiger partial charge in [0.1, 0.15) is 11.5 Å². The maximum atomic E-state index is 11.8. The van der Waals surface area contributed by atoms with Gasteiger partial charge in [0.2, 0.25) is 5.95 Å². The number of hydrogen-bond donors (Lipinski definition) is 5. The Morgan fingerprint density at radius 1 is 1.23 bits per heavy atom. The summed E-state index contributed by atoms with van der Waals surface area (Å²) in [5.74, 6) is 1.45. The minimum atomic E-state index is -0.607. The Balaban J connectivity index is 1.45. The number of nitrogens with one attached hydrogen (secondary N) is 4. The molecule has 2 saturated heterocycles. The molecule has 30 heavy (non-hydrogen) atoms. The van der Waals surface area contributed by atoms with E-state index in [2.05, 4.69) is 42.2 Å². The van der Waals surface area contributed by atoms with Gasteiger partial charge in [0.25, 0.3) is 5.91 Å². The summed E-state index contributed by atoms with van der Waals surface area (Å²) < 4.78 is 0. The predicted octanol–water partition coefficient (Wildman–Crippen LogP) is 1.97. The highest BCUT2D eigenvalue weighted by Gasteiger charge is 2.35. The Labute approximate surface area is 175 Å². The number of carbonyl (C=O) groups is 1. The van der Waals surface area contributed by atoms with Gasteiger partial charge in [-0.05, 0) is 44.9 Å². The second-order valence-electron chi connectivity index (χ2n) is 8.29. The maximum Gasteiger partial charge on any atom is 0.267 e. The number of primary amides is 1. The monoisotopic (exact) mass is 409 g/mol. The molecule has 0 aliphatic carbocycles. The number of H-pyrrole nitrogens is 1. The number of fused-ring (bicyclic) bond motifs is 2. The number of aromatic amines is 1. The van der Waals surface area contributed by atoms with E-state index >= 15 is 0 Å². The fraction of sp³-hybridized carbons (Fsp3) is 0.550. The molecular weight excluding hydrogens is 382 g/mol. The average Bonchev–Trinajstić information content (AvgIpc) is 3.10. The van der Waals surface area contributed by atoms with Crippen molar-refractivity contribution in [3.63, 3.8) is 0 Å². The van der Waals surface area contributed by atoms with E-state index in [9.17, 15) is 4.79 Å². The minimum Gasteiger partial charge on any atom is -0.364 e. The molecule has 158 valence electrons. The zero-order valence-corrected chi connectivity index (χ0v) is 17.0. The average molecular weight is 409 g/mol. The molecule has 2 bridgehead atoms. The molecule has 0 saturated carbocycles. The number of aromatic nitrogens is 4. The first-order valence-corrected chi connectivity index (χ1v) is 10.4. The summed E-state index contributed by atoms with van der Waals surface area (Å²) in [5, 5.41) is 26.0. The SMILES string of the molecule is Cc1cc(Nc2cc(C(N)=O)nc(NC3CC4CC(CCC#N)CC(C3)N4)n2)n[nH]1. The van der Waals surface area contributed by atoms with Crippen LogP contribution >= 0.6 is 0 Å². The summed E-state index contributed by atoms with van der Waals surface area (Å²) >= 11 is 0. The molecule has 0 radical (unpaired) electrons. The molecule has 4 rings (SSSR count). The van der Waals surface area contributed by atoms with Crippen molar-refractivity contribution in [2.45, 2.75) is 63.6 Å². The first kappa shape index (κ1) is 20.1. The molecule has 6 N–H and O–H groups in total. The van der Waals surface area contributed by atoms with Crippen molar-refractivity contribution < 1.29 is 4.79 Å². The number of carbonyl (C=O) groups excluding carboxylic acids is 1. The molecule has 2 aliphatic heterocycles. The first-order valence-electron chi connectivity index (χ1n) is 10.4. The van der Waals surface area contributed by atoms with E-state index in [1.165, 1.54) is 6.07 Å². The largest absolute Gasteiger partial charge is 0.364 e. The van der Waals surface area contributed by atoms with Crippen LogP contribution in [0.1, 0.15) is 54.7 Å². The Morgan fingerprint density at radius 3 is 2.63 bits per heavy atom. The van der Waals surface area contributed by atoms with E-state index in [0.717, 1.165) is 37.8 Å². The Bertz CT molecular complexity index is 936. The van der Waals surface area contributed by atoms with Gasteiger partial charge in [-0.1, -0.05) is 0 Å². The van der Waals surface area contributed by atoms with Crippen molar-refractivity contribution in [1.82, 2.24) is 25.5 Å². The van der Waals surface area contributed by atoms with E-state index in [4.69, 9.17) is 11.0 Å². The molecule has 2 unspecified atom stereocenters. The maximum absolute atomic E-state index is 11.8. The van der Waals surface area contributed by atoms with Crippen molar-refractivity contribution >= 4 is 23.5 Å². The molecule has 2 aromatic heterocycles. The molecule has 4 heterocycles. The molecule has 1 amide bonds. The van der Waals surface area contributed by atoms with E-state index in [1.54, 1.807) is 0 Å². The van der Waals surface area contributed by atoms with Crippen molar-refractivity contribution in [1.29, 1.82) is 5.26 Å². The number of nitrogens with zero attached hydrogens (tertiary/aromatic N) is 4. The van der Waals surface area contributed by atoms with E-state index < -0.39 is 5.91 Å². The molecule has 10 nitrogen and oxygen atoms in total.